The third-order valence-electron chi connectivity index (χ3n) is 4.01. The number of benzene rings is 1. The average molecular weight is 262 g/mol. The second-order valence-corrected chi connectivity index (χ2v) is 5.73. The first-order chi connectivity index (χ1) is 9.11. The van der Waals surface area contributed by atoms with Gasteiger partial charge in [0.15, 0.2) is 0 Å². The fraction of sp³-hybridized carbons (Fsp3) is 0.625. The van der Waals surface area contributed by atoms with E-state index in [4.69, 9.17) is 4.74 Å². The summed E-state index contributed by atoms with van der Waals surface area (Å²) in [6.45, 7) is 8.81. The molecule has 1 aliphatic heterocycles. The van der Waals surface area contributed by atoms with Gasteiger partial charge in [0.2, 0.25) is 0 Å². The Kier molecular flexibility index (Phi) is 4.83. The molecule has 0 aliphatic carbocycles. The molecule has 2 N–H and O–H groups in total. The maximum atomic E-state index is 5.51. The Morgan fingerprint density at radius 2 is 2.00 bits per heavy atom. The largest absolute Gasteiger partial charge is 0.496 e. The highest BCUT2D eigenvalue weighted by Gasteiger charge is 2.22. The molecular weight excluding hydrogens is 236 g/mol. The zero-order valence-corrected chi connectivity index (χ0v) is 12.5. The molecule has 1 aliphatic rings. The maximum Gasteiger partial charge on any atom is 0.122 e. The van der Waals surface area contributed by atoms with E-state index in [0.29, 0.717) is 18.0 Å². The van der Waals surface area contributed by atoms with Crippen LogP contribution in [0.5, 0.6) is 5.75 Å². The van der Waals surface area contributed by atoms with E-state index >= 15 is 0 Å². The van der Waals surface area contributed by atoms with Crippen molar-refractivity contribution in [3.63, 3.8) is 0 Å². The van der Waals surface area contributed by atoms with E-state index in [9.17, 15) is 0 Å². The average Bonchev–Trinajstić information content (AvgIpc) is 2.41. The van der Waals surface area contributed by atoms with Crippen LogP contribution in [0, 0.1) is 0 Å². The van der Waals surface area contributed by atoms with Gasteiger partial charge in [0, 0.05) is 25.2 Å². The minimum absolute atomic E-state index is 0.477. The van der Waals surface area contributed by atoms with Crippen LogP contribution in [0.4, 0.5) is 0 Å². The molecule has 1 heterocycles. The van der Waals surface area contributed by atoms with Crippen LogP contribution in [-0.4, -0.2) is 32.3 Å². The minimum Gasteiger partial charge on any atom is -0.496 e. The van der Waals surface area contributed by atoms with Gasteiger partial charge in [-0.25, -0.2) is 0 Å². The van der Waals surface area contributed by atoms with E-state index < -0.39 is 0 Å². The van der Waals surface area contributed by atoms with Crippen molar-refractivity contribution in [3.05, 3.63) is 29.3 Å². The van der Waals surface area contributed by atoms with Crippen LogP contribution >= 0.6 is 0 Å². The van der Waals surface area contributed by atoms with Crippen LogP contribution in [0.25, 0.3) is 0 Å². The van der Waals surface area contributed by atoms with Crippen molar-refractivity contribution in [1.82, 2.24) is 10.6 Å². The zero-order chi connectivity index (χ0) is 13.8. The number of ether oxygens (including phenoxy) is 1. The van der Waals surface area contributed by atoms with Crippen molar-refractivity contribution in [2.45, 2.75) is 45.2 Å². The van der Waals surface area contributed by atoms with Gasteiger partial charge in [-0.2, -0.15) is 0 Å². The van der Waals surface area contributed by atoms with Gasteiger partial charge < -0.3 is 15.4 Å². The lowest BCUT2D eigenvalue weighted by atomic mass is 9.94. The molecule has 2 rings (SSSR count). The number of hydrogen-bond acceptors (Lipinski definition) is 3. The van der Waals surface area contributed by atoms with Crippen molar-refractivity contribution in [2.24, 2.45) is 0 Å². The highest BCUT2D eigenvalue weighted by atomic mass is 16.5. The molecule has 2 atom stereocenters. The summed E-state index contributed by atoms with van der Waals surface area (Å²) < 4.78 is 5.51. The number of nitrogens with one attached hydrogen (secondary N) is 2. The summed E-state index contributed by atoms with van der Waals surface area (Å²) in [5.41, 5.74) is 2.69. The van der Waals surface area contributed by atoms with Crippen molar-refractivity contribution in [3.8, 4) is 5.75 Å². The summed E-state index contributed by atoms with van der Waals surface area (Å²) in [6, 6.07) is 7.55. The fourth-order valence-electron chi connectivity index (χ4n) is 2.68. The molecule has 0 amide bonds. The van der Waals surface area contributed by atoms with Gasteiger partial charge in [-0.15, -0.1) is 0 Å². The second kappa shape index (κ2) is 6.40. The molecule has 2 unspecified atom stereocenters. The van der Waals surface area contributed by atoms with Crippen molar-refractivity contribution >= 4 is 0 Å². The van der Waals surface area contributed by atoms with Crippen LogP contribution in [-0.2, 0) is 6.42 Å². The zero-order valence-electron chi connectivity index (χ0n) is 12.5. The molecule has 1 aromatic rings. The highest BCUT2D eigenvalue weighted by Crippen LogP contribution is 2.25. The van der Waals surface area contributed by atoms with E-state index in [1.807, 2.05) is 0 Å². The summed E-state index contributed by atoms with van der Waals surface area (Å²) in [5.74, 6) is 1.56. The third-order valence-corrected chi connectivity index (χ3v) is 4.01. The number of rotatable bonds is 4. The van der Waals surface area contributed by atoms with Crippen LogP contribution in [0.1, 0.15) is 37.8 Å². The first-order valence-corrected chi connectivity index (χ1v) is 7.25. The van der Waals surface area contributed by atoms with Crippen molar-refractivity contribution in [1.29, 1.82) is 0 Å². The monoisotopic (exact) mass is 262 g/mol. The van der Waals surface area contributed by atoms with Gasteiger partial charge in [0.05, 0.1) is 7.11 Å². The first-order valence-electron chi connectivity index (χ1n) is 7.25. The van der Waals surface area contributed by atoms with Crippen LogP contribution in [0.3, 0.4) is 0 Å². The summed E-state index contributed by atoms with van der Waals surface area (Å²) in [5, 5.41) is 7.12. The van der Waals surface area contributed by atoms with Gasteiger partial charge in [0.1, 0.15) is 5.75 Å². The van der Waals surface area contributed by atoms with Crippen LogP contribution in [0.2, 0.25) is 0 Å². The van der Waals surface area contributed by atoms with Gasteiger partial charge >= 0.3 is 0 Å². The molecule has 106 valence electrons. The Balaban J connectivity index is 2.19. The maximum absolute atomic E-state index is 5.51. The molecule has 3 nitrogen and oxygen atoms in total. The smallest absolute Gasteiger partial charge is 0.122 e. The third kappa shape index (κ3) is 3.48. The summed E-state index contributed by atoms with van der Waals surface area (Å²) in [4.78, 5) is 0. The molecule has 0 bridgehead atoms. The van der Waals surface area contributed by atoms with Gasteiger partial charge in [-0.3, -0.25) is 0 Å². The Labute approximate surface area is 116 Å². The van der Waals surface area contributed by atoms with Gasteiger partial charge in [0.25, 0.3) is 0 Å². The number of hydrogen-bond donors (Lipinski definition) is 2. The van der Waals surface area contributed by atoms with Gasteiger partial charge in [-0.1, -0.05) is 26.0 Å². The molecule has 1 saturated heterocycles. The molecular formula is C16H26N2O. The molecule has 0 aromatic heterocycles. The topological polar surface area (TPSA) is 33.3 Å². The Bertz CT molecular complexity index is 417. The summed E-state index contributed by atoms with van der Waals surface area (Å²) in [6.07, 6.45) is 1.01. The van der Waals surface area contributed by atoms with Crippen LogP contribution in [0.15, 0.2) is 18.2 Å². The highest BCUT2D eigenvalue weighted by molar-refractivity contribution is 5.39. The Morgan fingerprint density at radius 3 is 2.63 bits per heavy atom. The molecule has 19 heavy (non-hydrogen) atoms. The normalized spacial score (nSPS) is 23.6. The van der Waals surface area contributed by atoms with Crippen LogP contribution < -0.4 is 15.4 Å². The quantitative estimate of drug-likeness (QED) is 0.873. The first kappa shape index (κ1) is 14.4. The predicted octanol–water partition coefficient (Wildman–Crippen LogP) is 2.31. The van der Waals surface area contributed by atoms with E-state index in [-0.39, 0.29) is 0 Å². The predicted molar refractivity (Wildman–Crippen MR) is 80.0 cm³/mol. The molecule has 0 spiro atoms. The molecule has 0 radical (unpaired) electrons. The SMILES string of the molecule is COc1ccc(C(C)C)cc1CC1NCCNC1C. The lowest BCUT2D eigenvalue weighted by Crippen LogP contribution is -2.55. The summed E-state index contributed by atoms with van der Waals surface area (Å²) in [7, 11) is 1.75. The second-order valence-electron chi connectivity index (χ2n) is 5.73. The number of piperazine rings is 1. The Morgan fingerprint density at radius 1 is 1.26 bits per heavy atom. The molecule has 3 heteroatoms. The minimum atomic E-state index is 0.477. The lowest BCUT2D eigenvalue weighted by Gasteiger charge is -2.31. The lowest BCUT2D eigenvalue weighted by molar-refractivity contribution is 0.331. The van der Waals surface area contributed by atoms with E-state index in [1.54, 1.807) is 7.11 Å². The summed E-state index contributed by atoms with van der Waals surface area (Å²) >= 11 is 0. The van der Waals surface area contributed by atoms with E-state index in [0.717, 1.165) is 25.3 Å². The van der Waals surface area contributed by atoms with Crippen molar-refractivity contribution < 1.29 is 4.74 Å². The number of methoxy groups -OCH3 is 1. The van der Waals surface area contributed by atoms with E-state index in [1.165, 1.54) is 11.1 Å². The van der Waals surface area contributed by atoms with E-state index in [2.05, 4.69) is 49.6 Å². The standard InChI is InChI=1S/C16H26N2O/c1-11(2)13-5-6-16(19-4)14(9-13)10-15-12(3)17-7-8-18-15/h5-6,9,11-12,15,17-18H,7-8,10H2,1-4H3. The molecule has 0 saturated carbocycles. The Hall–Kier alpha value is -1.06. The molecule has 1 aromatic carbocycles. The fourth-order valence-corrected chi connectivity index (χ4v) is 2.68. The van der Waals surface area contributed by atoms with Crippen molar-refractivity contribution in [2.75, 3.05) is 20.2 Å². The van der Waals surface area contributed by atoms with Gasteiger partial charge in [-0.05, 0) is 36.5 Å². The molecule has 1 fully saturated rings.